The third-order valence-corrected chi connectivity index (χ3v) is 5.89. The van der Waals surface area contributed by atoms with Crippen molar-refractivity contribution in [2.24, 2.45) is 0 Å². The molecule has 1 aliphatic heterocycles. The smallest absolute Gasteiger partial charge is 0.265 e. The van der Waals surface area contributed by atoms with Crippen molar-refractivity contribution >= 4 is 34.1 Å². The highest BCUT2D eigenvalue weighted by Gasteiger charge is 2.29. The van der Waals surface area contributed by atoms with Gasteiger partial charge in [0.1, 0.15) is 5.82 Å². The zero-order valence-electron chi connectivity index (χ0n) is 17.1. The van der Waals surface area contributed by atoms with Crippen LogP contribution < -0.4 is 10.5 Å². The van der Waals surface area contributed by atoms with Crippen molar-refractivity contribution in [2.45, 2.75) is 46.0 Å². The third kappa shape index (κ3) is 3.23. The summed E-state index contributed by atoms with van der Waals surface area (Å²) in [6.07, 6.45) is 0.852. The molecule has 1 aromatic heterocycles. The van der Waals surface area contributed by atoms with Gasteiger partial charge in [-0.3, -0.25) is 14.2 Å². The van der Waals surface area contributed by atoms with Crippen LogP contribution in [0.5, 0.6) is 0 Å². The fraction of sp³-hybridized carbons (Fsp3) is 0.348. The lowest BCUT2D eigenvalue weighted by Crippen LogP contribution is -2.35. The second-order valence-electron chi connectivity index (χ2n) is 8.00. The van der Waals surface area contributed by atoms with Crippen LogP contribution in [0.15, 0.2) is 41.2 Å². The predicted octanol–water partition coefficient (Wildman–Crippen LogP) is 5.02. The Morgan fingerprint density at radius 3 is 2.48 bits per heavy atom. The molecule has 1 unspecified atom stereocenters. The van der Waals surface area contributed by atoms with E-state index in [9.17, 15) is 9.59 Å². The lowest BCUT2D eigenvalue weighted by Gasteiger charge is -2.33. The molecule has 0 spiro atoms. The van der Waals surface area contributed by atoms with E-state index in [0.717, 1.165) is 23.4 Å². The van der Waals surface area contributed by atoms with Crippen LogP contribution in [-0.2, 0) is 4.79 Å². The maximum atomic E-state index is 13.6. The quantitative estimate of drug-likeness (QED) is 0.597. The number of hydrogen-bond acceptors (Lipinski definition) is 3. The molecule has 0 radical (unpaired) electrons. The summed E-state index contributed by atoms with van der Waals surface area (Å²) < 4.78 is 1.67. The summed E-state index contributed by atoms with van der Waals surface area (Å²) in [7, 11) is 0. The van der Waals surface area contributed by atoms with Crippen LogP contribution in [0.3, 0.4) is 0 Å². The van der Waals surface area contributed by atoms with E-state index >= 15 is 0 Å². The Morgan fingerprint density at radius 1 is 1.17 bits per heavy atom. The molecule has 2 heterocycles. The average Bonchev–Trinajstić information content (AvgIpc) is 2.68. The average molecular weight is 410 g/mol. The topological polar surface area (TPSA) is 55.2 Å². The standard InChI is InChI=1S/C23H24ClN3O2/c1-13(2)22-25-21-18(23(29)27(22)17-7-5-16(24)6-8-17)9-10-19-20(21)14(3)11-12-26(19)15(4)28/h5-10,13-14H,11-12H2,1-4H3. The maximum Gasteiger partial charge on any atom is 0.265 e. The van der Waals surface area contributed by atoms with Gasteiger partial charge in [0.2, 0.25) is 5.91 Å². The van der Waals surface area contributed by atoms with Gasteiger partial charge in [0.15, 0.2) is 0 Å². The number of aromatic nitrogens is 2. The van der Waals surface area contributed by atoms with E-state index in [2.05, 4.69) is 6.92 Å². The second kappa shape index (κ2) is 7.30. The number of rotatable bonds is 2. The van der Waals surface area contributed by atoms with Gasteiger partial charge < -0.3 is 4.90 Å². The van der Waals surface area contributed by atoms with Crippen molar-refractivity contribution in [3.8, 4) is 5.69 Å². The first kappa shape index (κ1) is 19.6. The van der Waals surface area contributed by atoms with E-state index in [4.69, 9.17) is 16.6 Å². The predicted molar refractivity (Wildman–Crippen MR) is 117 cm³/mol. The van der Waals surface area contributed by atoms with Crippen LogP contribution in [0.1, 0.15) is 57.3 Å². The number of benzene rings is 2. The molecule has 0 saturated carbocycles. The highest BCUT2D eigenvalue weighted by molar-refractivity contribution is 6.30. The van der Waals surface area contributed by atoms with Crippen molar-refractivity contribution in [1.29, 1.82) is 0 Å². The van der Waals surface area contributed by atoms with Crippen LogP contribution in [0, 0.1) is 0 Å². The molecule has 0 aliphatic carbocycles. The first-order chi connectivity index (χ1) is 13.8. The summed E-state index contributed by atoms with van der Waals surface area (Å²) in [6.45, 7) is 8.46. The van der Waals surface area contributed by atoms with Gasteiger partial charge in [-0.2, -0.15) is 0 Å². The van der Waals surface area contributed by atoms with Crippen molar-refractivity contribution in [3.63, 3.8) is 0 Å². The van der Waals surface area contributed by atoms with E-state index in [1.807, 2.05) is 32.0 Å². The minimum atomic E-state index is -0.101. The van der Waals surface area contributed by atoms with E-state index in [0.29, 0.717) is 28.3 Å². The van der Waals surface area contributed by atoms with Crippen LogP contribution in [0.25, 0.3) is 16.6 Å². The summed E-state index contributed by atoms with van der Waals surface area (Å²) >= 11 is 6.04. The molecular weight excluding hydrogens is 386 g/mol. The molecule has 0 fully saturated rings. The summed E-state index contributed by atoms with van der Waals surface area (Å²) in [5.74, 6) is 0.977. The number of carbonyl (C=O) groups is 1. The minimum absolute atomic E-state index is 0.0103. The molecule has 5 nitrogen and oxygen atoms in total. The third-order valence-electron chi connectivity index (χ3n) is 5.63. The van der Waals surface area contributed by atoms with Crippen LogP contribution in [0.2, 0.25) is 5.02 Å². The van der Waals surface area contributed by atoms with Gasteiger partial charge in [0.05, 0.1) is 16.6 Å². The Hall–Kier alpha value is -2.66. The van der Waals surface area contributed by atoms with Gasteiger partial charge in [-0.25, -0.2) is 4.98 Å². The molecule has 1 atom stereocenters. The molecule has 6 heteroatoms. The fourth-order valence-corrected chi connectivity index (χ4v) is 4.27. The van der Waals surface area contributed by atoms with Gasteiger partial charge >= 0.3 is 0 Å². The number of nitrogens with zero attached hydrogens (tertiary/aromatic N) is 3. The van der Waals surface area contributed by atoms with Gasteiger partial charge in [-0.05, 0) is 48.7 Å². The Bertz CT molecular complexity index is 1170. The molecule has 0 bridgehead atoms. The Labute approximate surface area is 174 Å². The monoisotopic (exact) mass is 409 g/mol. The number of anilines is 1. The molecule has 29 heavy (non-hydrogen) atoms. The molecule has 150 valence electrons. The lowest BCUT2D eigenvalue weighted by atomic mass is 9.89. The summed E-state index contributed by atoms with van der Waals surface area (Å²) in [5.41, 5.74) is 3.21. The van der Waals surface area contributed by atoms with Crippen LogP contribution >= 0.6 is 11.6 Å². The highest BCUT2D eigenvalue weighted by atomic mass is 35.5. The summed E-state index contributed by atoms with van der Waals surface area (Å²) in [6, 6.07) is 10.9. The van der Waals surface area contributed by atoms with Crippen molar-refractivity contribution in [1.82, 2.24) is 9.55 Å². The van der Waals surface area contributed by atoms with E-state index in [-0.39, 0.29) is 23.3 Å². The SMILES string of the molecule is CC(=O)N1CCC(C)c2c1ccc1c(=O)n(-c3ccc(Cl)cc3)c(C(C)C)nc21. The molecule has 2 aromatic carbocycles. The highest BCUT2D eigenvalue weighted by Crippen LogP contribution is 2.39. The number of fused-ring (bicyclic) bond motifs is 3. The minimum Gasteiger partial charge on any atom is -0.312 e. The fourth-order valence-electron chi connectivity index (χ4n) is 4.14. The van der Waals surface area contributed by atoms with Gasteiger partial charge in [0.25, 0.3) is 5.56 Å². The van der Waals surface area contributed by atoms with Gasteiger partial charge in [0, 0.05) is 35.7 Å². The Balaban J connectivity index is 2.07. The maximum absolute atomic E-state index is 13.6. The first-order valence-electron chi connectivity index (χ1n) is 9.93. The summed E-state index contributed by atoms with van der Waals surface area (Å²) in [4.78, 5) is 32.5. The molecule has 0 N–H and O–H groups in total. The van der Waals surface area contributed by atoms with Gasteiger partial charge in [-0.1, -0.05) is 32.4 Å². The number of amides is 1. The number of carbonyl (C=O) groups excluding carboxylic acids is 1. The van der Waals surface area contributed by atoms with Gasteiger partial charge in [-0.15, -0.1) is 0 Å². The van der Waals surface area contributed by atoms with Crippen LogP contribution in [-0.4, -0.2) is 22.0 Å². The second-order valence-corrected chi connectivity index (χ2v) is 8.43. The van der Waals surface area contributed by atoms with Crippen molar-refractivity contribution in [2.75, 3.05) is 11.4 Å². The zero-order chi connectivity index (χ0) is 20.9. The first-order valence-corrected chi connectivity index (χ1v) is 10.3. The lowest BCUT2D eigenvalue weighted by molar-refractivity contribution is -0.116. The molecule has 3 aromatic rings. The van der Waals surface area contributed by atoms with Crippen molar-refractivity contribution in [3.05, 3.63) is 63.2 Å². The van der Waals surface area contributed by atoms with E-state index in [1.165, 1.54) is 0 Å². The largest absolute Gasteiger partial charge is 0.312 e. The molecular formula is C23H24ClN3O2. The molecule has 0 saturated heterocycles. The number of halogens is 1. The normalized spacial score (nSPS) is 16.3. The molecule has 1 aliphatic rings. The molecule has 1 amide bonds. The Kier molecular flexibility index (Phi) is 4.95. The zero-order valence-corrected chi connectivity index (χ0v) is 17.8. The van der Waals surface area contributed by atoms with E-state index < -0.39 is 0 Å². The number of hydrogen-bond donors (Lipinski definition) is 0. The molecule has 4 rings (SSSR count). The van der Waals surface area contributed by atoms with Crippen molar-refractivity contribution < 1.29 is 4.79 Å². The van der Waals surface area contributed by atoms with Crippen LogP contribution in [0.4, 0.5) is 5.69 Å². The Morgan fingerprint density at radius 2 is 1.86 bits per heavy atom. The summed E-state index contributed by atoms with van der Waals surface area (Å²) in [5, 5.41) is 1.19. The van der Waals surface area contributed by atoms with E-state index in [1.54, 1.807) is 34.6 Å².